The van der Waals surface area contributed by atoms with Crippen molar-refractivity contribution in [1.29, 1.82) is 0 Å². The van der Waals surface area contributed by atoms with E-state index in [1.54, 1.807) is 18.4 Å². The van der Waals surface area contributed by atoms with E-state index in [9.17, 15) is 5.21 Å². The van der Waals surface area contributed by atoms with Crippen LogP contribution >= 0.6 is 11.3 Å². The largest absolute Gasteiger partial charge is 0.627 e. The molecule has 4 heteroatoms. The number of aryl methyl sites for hydroxylation is 2. The molecule has 0 aliphatic heterocycles. The first kappa shape index (κ1) is 7.21. The van der Waals surface area contributed by atoms with Gasteiger partial charge in [0.25, 0.3) is 5.13 Å². The van der Waals surface area contributed by atoms with Crippen LogP contribution in [0.3, 0.4) is 0 Å². The van der Waals surface area contributed by atoms with Crippen LogP contribution in [0.5, 0.6) is 0 Å². The fraction of sp³-hybridized carbons (Fsp3) is 0.571. The van der Waals surface area contributed by atoms with Gasteiger partial charge in [-0.1, -0.05) is 11.3 Å². The molecule has 3 nitrogen and oxygen atoms in total. The summed E-state index contributed by atoms with van der Waals surface area (Å²) in [5.74, 6) is 0. The predicted octanol–water partition coefficient (Wildman–Crippen LogP) is 0.276. The summed E-state index contributed by atoms with van der Waals surface area (Å²) in [5.41, 5.74) is 1.17. The van der Waals surface area contributed by atoms with Crippen molar-refractivity contribution in [1.82, 2.24) is 4.98 Å². The monoisotopic (exact) mass is 170 g/mol. The molecule has 1 aromatic rings. The highest BCUT2D eigenvalue weighted by Crippen LogP contribution is 2.28. The minimum absolute atomic E-state index is 0.101. The van der Waals surface area contributed by atoms with Crippen LogP contribution in [0.15, 0.2) is 0 Å². The lowest BCUT2D eigenvalue weighted by Gasteiger charge is -2.10. The Balaban J connectivity index is 2.34. The molecule has 0 aromatic carbocycles. The van der Waals surface area contributed by atoms with Crippen LogP contribution in [0, 0.1) is 5.21 Å². The van der Waals surface area contributed by atoms with Gasteiger partial charge < -0.3 is 10.3 Å². The van der Waals surface area contributed by atoms with Gasteiger partial charge in [-0.25, -0.2) is 0 Å². The van der Waals surface area contributed by atoms with Crippen molar-refractivity contribution < 1.29 is 5.06 Å². The Morgan fingerprint density at radius 1 is 1.55 bits per heavy atom. The molecule has 0 spiro atoms. The van der Waals surface area contributed by atoms with Crippen LogP contribution in [0.4, 0.5) is 5.13 Å². The van der Waals surface area contributed by atoms with Crippen LogP contribution in [0.25, 0.3) is 0 Å². The number of thiazole rings is 1. The highest BCUT2D eigenvalue weighted by molar-refractivity contribution is 7.14. The van der Waals surface area contributed by atoms with Crippen molar-refractivity contribution >= 4 is 16.5 Å². The van der Waals surface area contributed by atoms with Crippen molar-refractivity contribution in [3.63, 3.8) is 0 Å². The Labute approximate surface area is 69.3 Å². The van der Waals surface area contributed by atoms with Crippen LogP contribution in [-0.4, -0.2) is 12.0 Å². The van der Waals surface area contributed by atoms with Crippen molar-refractivity contribution in [2.24, 2.45) is 0 Å². The van der Waals surface area contributed by atoms with Gasteiger partial charge in [-0.15, -0.1) is 0 Å². The molecule has 1 N–H and O–H groups in total. The van der Waals surface area contributed by atoms with Gasteiger partial charge >= 0.3 is 0 Å². The number of hydrogen-bond donors (Lipinski definition) is 1. The van der Waals surface area contributed by atoms with Crippen LogP contribution < -0.4 is 5.06 Å². The highest BCUT2D eigenvalue weighted by Gasteiger charge is 2.18. The lowest BCUT2D eigenvalue weighted by Crippen LogP contribution is -2.98. The van der Waals surface area contributed by atoms with E-state index in [0.29, 0.717) is 5.13 Å². The number of rotatable bonds is 1. The molecule has 60 valence electrons. The average Bonchev–Trinajstić information content (AvgIpc) is 2.40. The maximum Gasteiger partial charge on any atom is 0.284 e. The molecular weight excluding hydrogens is 160 g/mol. The van der Waals surface area contributed by atoms with Gasteiger partial charge in [-0.05, 0) is 19.3 Å². The number of quaternary nitrogens is 1. The van der Waals surface area contributed by atoms with E-state index in [-0.39, 0.29) is 5.06 Å². The van der Waals surface area contributed by atoms with Gasteiger partial charge in [0.2, 0.25) is 0 Å². The van der Waals surface area contributed by atoms with E-state index in [0.717, 1.165) is 12.8 Å². The van der Waals surface area contributed by atoms with Gasteiger partial charge in [0.1, 0.15) is 0 Å². The summed E-state index contributed by atoms with van der Waals surface area (Å²) in [5, 5.41) is 11.7. The molecule has 11 heavy (non-hydrogen) atoms. The Morgan fingerprint density at radius 3 is 3.00 bits per heavy atom. The smallest absolute Gasteiger partial charge is 0.284 e. The van der Waals surface area contributed by atoms with Gasteiger partial charge in [0.05, 0.1) is 12.7 Å². The molecule has 0 saturated carbocycles. The summed E-state index contributed by atoms with van der Waals surface area (Å²) in [4.78, 5) is 5.59. The minimum Gasteiger partial charge on any atom is -0.627 e. The quantitative estimate of drug-likeness (QED) is 0.615. The number of hydrogen-bond acceptors (Lipinski definition) is 3. The summed E-state index contributed by atoms with van der Waals surface area (Å²) in [6.07, 6.45) is 3.41. The average molecular weight is 170 g/mol. The van der Waals surface area contributed by atoms with Gasteiger partial charge in [0.15, 0.2) is 0 Å². The zero-order valence-corrected chi connectivity index (χ0v) is 7.20. The molecule has 0 bridgehead atoms. The molecule has 1 aliphatic rings. The maximum atomic E-state index is 10.9. The first-order valence-corrected chi connectivity index (χ1v) is 4.58. The van der Waals surface area contributed by atoms with E-state index in [1.165, 1.54) is 17.0 Å². The normalized spacial score (nSPS) is 18.4. The van der Waals surface area contributed by atoms with E-state index in [4.69, 9.17) is 0 Å². The minimum atomic E-state index is 0.101. The van der Waals surface area contributed by atoms with Gasteiger partial charge in [0, 0.05) is 4.88 Å². The first-order chi connectivity index (χ1) is 5.27. The fourth-order valence-electron chi connectivity index (χ4n) is 1.34. The Bertz CT molecular complexity index is 248. The molecule has 1 heterocycles. The summed E-state index contributed by atoms with van der Waals surface area (Å²) in [6, 6.07) is 0. The van der Waals surface area contributed by atoms with Gasteiger partial charge in [-0.2, -0.15) is 4.98 Å². The summed E-state index contributed by atoms with van der Waals surface area (Å²) in [6.45, 7) is 0. The number of fused-ring (bicyclic) bond motifs is 1. The Morgan fingerprint density at radius 2 is 2.36 bits per heavy atom. The third-order valence-electron chi connectivity index (χ3n) is 1.90. The summed E-state index contributed by atoms with van der Waals surface area (Å²) >= 11 is 1.57. The topological polar surface area (TPSA) is 40.4 Å². The standard InChI is InChI=1S/C7H10N2OS/c1-9(10)7-8-5-3-2-4-6(5)11-7/h9H,2-4H2,1H3. The maximum absolute atomic E-state index is 10.9. The van der Waals surface area contributed by atoms with E-state index < -0.39 is 0 Å². The number of aromatic nitrogens is 1. The fourth-order valence-corrected chi connectivity index (χ4v) is 2.39. The second-order valence-corrected chi connectivity index (χ2v) is 3.88. The molecule has 0 fully saturated rings. The second kappa shape index (κ2) is 2.55. The van der Waals surface area contributed by atoms with Crippen molar-refractivity contribution in [3.05, 3.63) is 15.8 Å². The molecule has 1 aromatic heterocycles. The van der Waals surface area contributed by atoms with E-state index >= 15 is 0 Å². The van der Waals surface area contributed by atoms with E-state index in [2.05, 4.69) is 4.98 Å². The number of nitrogens with zero attached hydrogens (tertiary/aromatic N) is 1. The molecule has 0 saturated heterocycles. The molecule has 1 unspecified atom stereocenters. The number of hydroxylamine groups is 1. The Kier molecular flexibility index (Phi) is 1.67. The molecular formula is C7H10N2OS. The van der Waals surface area contributed by atoms with Crippen molar-refractivity contribution in [2.75, 3.05) is 7.05 Å². The van der Waals surface area contributed by atoms with Crippen LogP contribution in [0.2, 0.25) is 0 Å². The predicted molar refractivity (Wildman–Crippen MR) is 44.1 cm³/mol. The molecule has 2 rings (SSSR count). The molecule has 1 atom stereocenters. The van der Waals surface area contributed by atoms with Crippen molar-refractivity contribution in [3.8, 4) is 0 Å². The van der Waals surface area contributed by atoms with Gasteiger partial charge in [-0.3, -0.25) is 0 Å². The lowest BCUT2D eigenvalue weighted by atomic mass is 10.4. The zero-order chi connectivity index (χ0) is 7.84. The third kappa shape index (κ3) is 1.17. The van der Waals surface area contributed by atoms with Crippen molar-refractivity contribution in [2.45, 2.75) is 19.3 Å². The molecule has 0 radical (unpaired) electrons. The van der Waals surface area contributed by atoms with Crippen LogP contribution in [0.1, 0.15) is 17.0 Å². The number of nitrogens with one attached hydrogen (secondary N) is 1. The molecule has 0 amide bonds. The lowest BCUT2D eigenvalue weighted by molar-refractivity contribution is -0.751. The first-order valence-electron chi connectivity index (χ1n) is 3.77. The third-order valence-corrected chi connectivity index (χ3v) is 3.16. The second-order valence-electron chi connectivity index (χ2n) is 2.80. The highest BCUT2D eigenvalue weighted by atomic mass is 32.1. The summed E-state index contributed by atoms with van der Waals surface area (Å²) < 4.78 is 0. The Hall–Kier alpha value is -0.450. The van der Waals surface area contributed by atoms with Crippen LogP contribution in [-0.2, 0) is 12.8 Å². The molecule has 1 aliphatic carbocycles. The SMILES string of the molecule is C[NH+]([O-])c1nc2c(s1)CCC2. The zero-order valence-electron chi connectivity index (χ0n) is 6.39. The summed E-state index contributed by atoms with van der Waals surface area (Å²) in [7, 11) is 1.58. The van der Waals surface area contributed by atoms with E-state index in [1.807, 2.05) is 0 Å².